The van der Waals surface area contributed by atoms with Gasteiger partial charge in [-0.3, -0.25) is 4.55 Å². The zero-order chi connectivity index (χ0) is 15.1. The van der Waals surface area contributed by atoms with Crippen molar-refractivity contribution in [3.05, 3.63) is 29.3 Å². The lowest BCUT2D eigenvalue weighted by molar-refractivity contribution is -0.224. The molecule has 3 nitrogen and oxygen atoms in total. The average molecular weight is 304 g/mol. The molecule has 0 spiro atoms. The van der Waals surface area contributed by atoms with Crippen LogP contribution in [0.5, 0.6) is 0 Å². The minimum atomic E-state index is -5.14. The van der Waals surface area contributed by atoms with Crippen LogP contribution < -0.4 is 0 Å². The van der Waals surface area contributed by atoms with E-state index in [1.54, 1.807) is 0 Å². The minimum absolute atomic E-state index is 0.0525. The molecule has 108 valence electrons. The standard InChI is InChI=1S/C10H9F5O3S/c1-6-2-3-8(19(16,17)18)7(4-6)10(14,15)9(12,13)5-11/h2-4H,5H2,1H3,(H,16,17,18). The van der Waals surface area contributed by atoms with Gasteiger partial charge in [-0.25, -0.2) is 4.39 Å². The molecule has 0 heterocycles. The van der Waals surface area contributed by atoms with Crippen LogP contribution in [0.25, 0.3) is 0 Å². The van der Waals surface area contributed by atoms with Crippen molar-refractivity contribution in [1.29, 1.82) is 0 Å². The summed E-state index contributed by atoms with van der Waals surface area (Å²) >= 11 is 0. The molecule has 0 saturated carbocycles. The van der Waals surface area contributed by atoms with Crippen molar-refractivity contribution in [3.8, 4) is 0 Å². The molecule has 0 aliphatic heterocycles. The van der Waals surface area contributed by atoms with E-state index >= 15 is 0 Å². The summed E-state index contributed by atoms with van der Waals surface area (Å²) < 4.78 is 95.5. The Morgan fingerprint density at radius 1 is 1.21 bits per heavy atom. The third-order valence-corrected chi connectivity index (χ3v) is 3.29. The van der Waals surface area contributed by atoms with Crippen molar-refractivity contribution in [2.75, 3.05) is 6.67 Å². The predicted octanol–water partition coefficient (Wildman–Crippen LogP) is 2.94. The van der Waals surface area contributed by atoms with Crippen molar-refractivity contribution in [3.63, 3.8) is 0 Å². The topological polar surface area (TPSA) is 54.4 Å². The van der Waals surface area contributed by atoms with E-state index in [9.17, 15) is 30.4 Å². The first-order valence-corrected chi connectivity index (χ1v) is 6.27. The Morgan fingerprint density at radius 2 is 1.74 bits per heavy atom. The van der Waals surface area contributed by atoms with E-state index in [2.05, 4.69) is 0 Å². The lowest BCUT2D eigenvalue weighted by Gasteiger charge is -2.26. The van der Waals surface area contributed by atoms with Gasteiger partial charge < -0.3 is 0 Å². The summed E-state index contributed by atoms with van der Waals surface area (Å²) in [6.45, 7) is -1.42. The first-order valence-electron chi connectivity index (χ1n) is 4.83. The van der Waals surface area contributed by atoms with E-state index in [4.69, 9.17) is 4.55 Å². The van der Waals surface area contributed by atoms with Crippen LogP contribution in [0.2, 0.25) is 0 Å². The van der Waals surface area contributed by atoms with E-state index in [1.165, 1.54) is 6.92 Å². The molecule has 0 amide bonds. The third kappa shape index (κ3) is 2.86. The molecule has 0 aliphatic rings. The van der Waals surface area contributed by atoms with Crippen LogP contribution in [-0.4, -0.2) is 25.6 Å². The molecule has 0 atom stereocenters. The van der Waals surface area contributed by atoms with Gasteiger partial charge in [-0.2, -0.15) is 26.0 Å². The van der Waals surface area contributed by atoms with Crippen molar-refractivity contribution in [1.82, 2.24) is 0 Å². The summed E-state index contributed by atoms with van der Waals surface area (Å²) in [4.78, 5) is -1.38. The van der Waals surface area contributed by atoms with Gasteiger partial charge >= 0.3 is 11.8 Å². The summed E-state index contributed by atoms with van der Waals surface area (Å²) in [5, 5.41) is 0. The van der Waals surface area contributed by atoms with Crippen LogP contribution >= 0.6 is 0 Å². The Morgan fingerprint density at radius 3 is 2.16 bits per heavy atom. The van der Waals surface area contributed by atoms with E-state index in [0.29, 0.717) is 12.1 Å². The molecule has 1 aromatic rings. The summed E-state index contributed by atoms with van der Waals surface area (Å²) in [7, 11) is -5.14. The van der Waals surface area contributed by atoms with E-state index in [1.807, 2.05) is 0 Å². The third-order valence-electron chi connectivity index (χ3n) is 2.38. The molecule has 1 aromatic carbocycles. The highest BCUT2D eigenvalue weighted by Gasteiger charge is 2.59. The largest absolute Gasteiger partial charge is 0.342 e. The Balaban J connectivity index is 3.63. The van der Waals surface area contributed by atoms with Crippen molar-refractivity contribution >= 4 is 10.1 Å². The molecule has 0 fully saturated rings. The SMILES string of the molecule is Cc1ccc(S(=O)(=O)O)c(C(F)(F)C(F)(F)CF)c1. The zero-order valence-electron chi connectivity index (χ0n) is 9.50. The van der Waals surface area contributed by atoms with Crippen LogP contribution in [0.15, 0.2) is 23.1 Å². The first kappa shape index (κ1) is 15.8. The molecular weight excluding hydrogens is 295 g/mol. The number of hydrogen-bond donors (Lipinski definition) is 1. The van der Waals surface area contributed by atoms with Crippen LogP contribution in [0.4, 0.5) is 22.0 Å². The fraction of sp³-hybridized carbons (Fsp3) is 0.400. The number of halogens is 5. The Labute approximate surface area is 105 Å². The molecule has 0 aliphatic carbocycles. The zero-order valence-corrected chi connectivity index (χ0v) is 10.3. The van der Waals surface area contributed by atoms with Gasteiger partial charge in [0.25, 0.3) is 10.1 Å². The summed E-state index contributed by atoms with van der Waals surface area (Å²) in [5.74, 6) is -10.2. The maximum Gasteiger partial charge on any atom is 0.342 e. The molecule has 0 aromatic heterocycles. The Hall–Kier alpha value is -1.22. The molecule has 0 saturated heterocycles. The quantitative estimate of drug-likeness (QED) is 0.687. The molecule has 1 N–H and O–H groups in total. The van der Waals surface area contributed by atoms with Gasteiger partial charge in [0.05, 0.1) is 0 Å². The molecule has 0 unspecified atom stereocenters. The maximum atomic E-state index is 13.5. The molecule has 19 heavy (non-hydrogen) atoms. The van der Waals surface area contributed by atoms with E-state index in [-0.39, 0.29) is 5.56 Å². The lowest BCUT2D eigenvalue weighted by atomic mass is 10.0. The molecule has 9 heteroatoms. The highest BCUT2D eigenvalue weighted by Crippen LogP contribution is 2.45. The fourth-order valence-corrected chi connectivity index (χ4v) is 2.10. The van der Waals surface area contributed by atoms with Crippen molar-refractivity contribution in [2.24, 2.45) is 0 Å². The highest BCUT2D eigenvalue weighted by atomic mass is 32.2. The minimum Gasteiger partial charge on any atom is -0.282 e. The number of rotatable bonds is 4. The lowest BCUT2D eigenvalue weighted by Crippen LogP contribution is -2.40. The fourth-order valence-electron chi connectivity index (χ4n) is 1.40. The molecular formula is C10H9F5O3S. The normalized spacial score (nSPS) is 13.6. The van der Waals surface area contributed by atoms with Gasteiger partial charge in [-0.05, 0) is 19.1 Å². The second-order valence-corrected chi connectivity index (χ2v) is 5.28. The highest BCUT2D eigenvalue weighted by molar-refractivity contribution is 7.85. The maximum absolute atomic E-state index is 13.5. The molecule has 0 radical (unpaired) electrons. The smallest absolute Gasteiger partial charge is 0.282 e. The number of benzene rings is 1. The summed E-state index contributed by atoms with van der Waals surface area (Å²) in [6.07, 6.45) is 0. The summed E-state index contributed by atoms with van der Waals surface area (Å²) in [5.41, 5.74) is -1.59. The van der Waals surface area contributed by atoms with Crippen LogP contribution in [0.1, 0.15) is 11.1 Å². The van der Waals surface area contributed by atoms with Crippen LogP contribution in [-0.2, 0) is 16.0 Å². The van der Waals surface area contributed by atoms with E-state index in [0.717, 1.165) is 6.07 Å². The van der Waals surface area contributed by atoms with E-state index < -0.39 is 39.1 Å². The number of hydrogen-bond acceptors (Lipinski definition) is 2. The molecule has 1 rings (SSSR count). The number of aryl methyl sites for hydroxylation is 1. The monoisotopic (exact) mass is 304 g/mol. The van der Waals surface area contributed by atoms with Crippen LogP contribution in [0.3, 0.4) is 0 Å². The first-order chi connectivity index (χ1) is 8.43. The number of alkyl halides is 5. The molecule has 0 bridgehead atoms. The van der Waals surface area contributed by atoms with Gasteiger partial charge in [0.15, 0.2) is 6.67 Å². The second kappa shape index (κ2) is 4.71. The van der Waals surface area contributed by atoms with Gasteiger partial charge in [0, 0.05) is 5.56 Å². The predicted molar refractivity (Wildman–Crippen MR) is 55.8 cm³/mol. The van der Waals surface area contributed by atoms with Crippen LogP contribution in [0, 0.1) is 6.92 Å². The van der Waals surface area contributed by atoms with Crippen molar-refractivity contribution < 1.29 is 34.9 Å². The van der Waals surface area contributed by atoms with Gasteiger partial charge in [0.2, 0.25) is 0 Å². The van der Waals surface area contributed by atoms with Crippen molar-refractivity contribution in [2.45, 2.75) is 23.7 Å². The van der Waals surface area contributed by atoms with Gasteiger partial charge in [-0.1, -0.05) is 11.6 Å². The summed E-state index contributed by atoms with van der Waals surface area (Å²) in [6, 6.07) is 2.06. The Bertz CT molecular complexity index is 583. The second-order valence-electron chi connectivity index (χ2n) is 3.89. The Kier molecular flexibility index (Phi) is 3.93. The van der Waals surface area contributed by atoms with Gasteiger partial charge in [-0.15, -0.1) is 0 Å². The van der Waals surface area contributed by atoms with Gasteiger partial charge in [0.1, 0.15) is 4.90 Å². The average Bonchev–Trinajstić information content (AvgIpc) is 2.26.